The number of fused-ring (bicyclic) bond motifs is 1. The number of imidazole rings is 1. The van der Waals surface area contributed by atoms with Crippen LogP contribution in [0.15, 0.2) is 71.8 Å². The molecule has 2 heterocycles. The summed E-state index contributed by atoms with van der Waals surface area (Å²) < 4.78 is 32.7. The van der Waals surface area contributed by atoms with Crippen molar-refractivity contribution in [1.29, 1.82) is 0 Å². The van der Waals surface area contributed by atoms with Gasteiger partial charge >= 0.3 is 10.1 Å². The van der Waals surface area contributed by atoms with Crippen molar-refractivity contribution in [2.45, 2.75) is 58.4 Å². The lowest BCUT2D eigenvalue weighted by molar-refractivity contribution is -0.384. The summed E-state index contributed by atoms with van der Waals surface area (Å²) in [5.41, 5.74) is 3.11. The van der Waals surface area contributed by atoms with Crippen LogP contribution < -0.4 is 9.50 Å². The predicted octanol–water partition coefficient (Wildman–Crippen LogP) is 6.61. The molecule has 0 saturated heterocycles. The number of nitro groups is 1. The standard InChI is InChI=1S/C28H32N4O5S/c1-19-15-16-31-24(17-19)29-25(26(31)30-28(5,6)18-27(2,3)4)20-7-11-22(12-8-20)37-38(35,36)23-13-9-21(10-14-23)32(33)34/h7-17,30H,18H2,1-6H3. The van der Waals surface area contributed by atoms with E-state index in [0.717, 1.165) is 59.0 Å². The average Bonchev–Trinajstić information content (AvgIpc) is 3.14. The molecule has 0 bridgehead atoms. The van der Waals surface area contributed by atoms with Gasteiger partial charge < -0.3 is 9.50 Å². The van der Waals surface area contributed by atoms with Crippen LogP contribution in [0.25, 0.3) is 16.9 Å². The van der Waals surface area contributed by atoms with Gasteiger partial charge in [0, 0.05) is 29.4 Å². The van der Waals surface area contributed by atoms with Crippen LogP contribution in [-0.4, -0.2) is 28.3 Å². The number of hydrogen-bond donors (Lipinski definition) is 1. The van der Waals surface area contributed by atoms with Gasteiger partial charge in [0.05, 0.1) is 4.92 Å². The van der Waals surface area contributed by atoms with Crippen LogP contribution in [-0.2, 0) is 10.1 Å². The van der Waals surface area contributed by atoms with Crippen molar-refractivity contribution < 1.29 is 17.5 Å². The first kappa shape index (κ1) is 27.1. The molecule has 2 aromatic carbocycles. The van der Waals surface area contributed by atoms with E-state index in [0.29, 0.717) is 0 Å². The van der Waals surface area contributed by atoms with E-state index in [-0.39, 0.29) is 27.3 Å². The van der Waals surface area contributed by atoms with Crippen molar-refractivity contribution in [3.05, 3.63) is 82.5 Å². The molecule has 4 aromatic rings. The molecular formula is C28H32N4O5S. The van der Waals surface area contributed by atoms with Crippen molar-refractivity contribution in [1.82, 2.24) is 9.38 Å². The molecule has 0 saturated carbocycles. The number of pyridine rings is 1. The molecule has 38 heavy (non-hydrogen) atoms. The van der Waals surface area contributed by atoms with Crippen LogP contribution in [0.5, 0.6) is 5.75 Å². The summed E-state index contributed by atoms with van der Waals surface area (Å²) in [5.74, 6) is 0.968. The zero-order valence-electron chi connectivity index (χ0n) is 22.3. The highest BCUT2D eigenvalue weighted by molar-refractivity contribution is 7.87. The molecule has 4 rings (SSSR count). The molecule has 0 radical (unpaired) electrons. The lowest BCUT2D eigenvalue weighted by Crippen LogP contribution is -2.36. The SMILES string of the molecule is Cc1ccn2c(NC(C)(C)CC(C)(C)C)c(-c3ccc(OS(=O)(=O)c4ccc([N+](=O)[O-])cc4)cc3)nc2c1. The highest BCUT2D eigenvalue weighted by Gasteiger charge is 2.28. The number of rotatable bonds is 8. The quantitative estimate of drug-likeness (QED) is 0.153. The van der Waals surface area contributed by atoms with Crippen molar-refractivity contribution in [2.75, 3.05) is 5.32 Å². The highest BCUT2D eigenvalue weighted by atomic mass is 32.2. The van der Waals surface area contributed by atoms with Crippen molar-refractivity contribution in [2.24, 2.45) is 5.41 Å². The second kappa shape index (κ2) is 9.75. The first-order valence-electron chi connectivity index (χ1n) is 12.2. The third kappa shape index (κ3) is 6.13. The molecule has 0 unspecified atom stereocenters. The number of hydrogen-bond acceptors (Lipinski definition) is 7. The molecular weight excluding hydrogens is 504 g/mol. The van der Waals surface area contributed by atoms with E-state index < -0.39 is 15.0 Å². The van der Waals surface area contributed by atoms with Gasteiger partial charge in [0.2, 0.25) is 0 Å². The first-order chi connectivity index (χ1) is 17.6. The summed E-state index contributed by atoms with van der Waals surface area (Å²) in [6.07, 6.45) is 2.91. The number of nitro benzene ring substituents is 1. The second-order valence-electron chi connectivity index (χ2n) is 11.3. The summed E-state index contributed by atoms with van der Waals surface area (Å²) in [5, 5.41) is 14.5. The monoisotopic (exact) mass is 536 g/mol. The molecule has 10 heteroatoms. The highest BCUT2D eigenvalue weighted by Crippen LogP contribution is 2.35. The fourth-order valence-corrected chi connectivity index (χ4v) is 5.67. The number of anilines is 1. The van der Waals surface area contributed by atoms with Gasteiger partial charge in [-0.15, -0.1) is 0 Å². The Kier molecular flexibility index (Phi) is 6.96. The minimum atomic E-state index is -4.16. The molecule has 2 aromatic heterocycles. The topological polar surface area (TPSA) is 116 Å². The van der Waals surface area contributed by atoms with Crippen LogP contribution in [0, 0.1) is 22.5 Å². The fourth-order valence-electron chi connectivity index (χ4n) is 4.74. The lowest BCUT2D eigenvalue weighted by atomic mass is 9.82. The van der Waals surface area contributed by atoms with Gasteiger partial charge in [0.15, 0.2) is 0 Å². The minimum Gasteiger partial charge on any atom is -0.379 e. The maximum absolute atomic E-state index is 12.7. The van der Waals surface area contributed by atoms with Gasteiger partial charge in [0.25, 0.3) is 5.69 Å². The van der Waals surface area contributed by atoms with Gasteiger partial charge in [-0.3, -0.25) is 14.5 Å². The van der Waals surface area contributed by atoms with Crippen LogP contribution in [0.4, 0.5) is 11.5 Å². The van der Waals surface area contributed by atoms with Crippen LogP contribution in [0.2, 0.25) is 0 Å². The largest absolute Gasteiger partial charge is 0.379 e. The molecule has 0 amide bonds. The predicted molar refractivity (Wildman–Crippen MR) is 148 cm³/mol. The molecule has 0 atom stereocenters. The molecule has 0 aliphatic carbocycles. The molecule has 200 valence electrons. The van der Waals surface area contributed by atoms with Gasteiger partial charge in [-0.25, -0.2) is 4.98 Å². The fraction of sp³-hybridized carbons (Fsp3) is 0.321. The van der Waals surface area contributed by atoms with Crippen molar-refractivity contribution in [3.8, 4) is 17.0 Å². The summed E-state index contributed by atoms with van der Waals surface area (Å²) in [6, 6.07) is 15.2. The van der Waals surface area contributed by atoms with Gasteiger partial charge in [-0.05, 0) is 86.7 Å². The first-order valence-corrected chi connectivity index (χ1v) is 13.6. The zero-order chi connectivity index (χ0) is 27.9. The Bertz CT molecular complexity index is 1580. The zero-order valence-corrected chi connectivity index (χ0v) is 23.2. The summed E-state index contributed by atoms with van der Waals surface area (Å²) in [6.45, 7) is 13.0. The number of aromatic nitrogens is 2. The number of aryl methyl sites for hydroxylation is 1. The number of nitrogens with one attached hydrogen (secondary N) is 1. The molecule has 0 fully saturated rings. The summed E-state index contributed by atoms with van der Waals surface area (Å²) >= 11 is 0. The smallest absolute Gasteiger partial charge is 0.339 e. The second-order valence-corrected chi connectivity index (χ2v) is 12.8. The van der Waals surface area contributed by atoms with E-state index in [1.807, 2.05) is 29.7 Å². The summed E-state index contributed by atoms with van der Waals surface area (Å²) in [4.78, 5) is 15.0. The molecule has 0 aliphatic rings. The Balaban J connectivity index is 1.66. The Morgan fingerprint density at radius 2 is 1.63 bits per heavy atom. The maximum Gasteiger partial charge on any atom is 0.339 e. The van der Waals surface area contributed by atoms with Crippen LogP contribution in [0.1, 0.15) is 46.6 Å². The molecule has 9 nitrogen and oxygen atoms in total. The van der Waals surface area contributed by atoms with Gasteiger partial charge in [-0.2, -0.15) is 8.42 Å². The van der Waals surface area contributed by atoms with Crippen molar-refractivity contribution >= 4 is 27.3 Å². The lowest BCUT2D eigenvalue weighted by Gasteiger charge is -2.34. The van der Waals surface area contributed by atoms with Gasteiger partial charge in [0.1, 0.15) is 27.8 Å². The molecule has 0 aliphatic heterocycles. The van der Waals surface area contributed by atoms with E-state index in [2.05, 4.69) is 39.9 Å². The maximum atomic E-state index is 12.7. The third-order valence-electron chi connectivity index (χ3n) is 5.88. The van der Waals surface area contributed by atoms with Crippen LogP contribution in [0.3, 0.4) is 0 Å². The molecule has 0 spiro atoms. The Morgan fingerprint density at radius 3 is 2.21 bits per heavy atom. The van der Waals surface area contributed by atoms with E-state index >= 15 is 0 Å². The number of nitrogens with zero attached hydrogens (tertiary/aromatic N) is 3. The van der Waals surface area contributed by atoms with Crippen LogP contribution >= 0.6 is 0 Å². The third-order valence-corrected chi connectivity index (χ3v) is 7.14. The number of non-ortho nitro benzene ring substituents is 1. The average molecular weight is 537 g/mol. The van der Waals surface area contributed by atoms with E-state index in [9.17, 15) is 18.5 Å². The number of benzene rings is 2. The minimum absolute atomic E-state index is 0.113. The Morgan fingerprint density at radius 1 is 1.00 bits per heavy atom. The Labute approximate surface area is 222 Å². The van der Waals surface area contributed by atoms with Crippen molar-refractivity contribution in [3.63, 3.8) is 0 Å². The van der Waals surface area contributed by atoms with E-state index in [4.69, 9.17) is 9.17 Å². The normalized spacial score (nSPS) is 12.5. The summed E-state index contributed by atoms with van der Waals surface area (Å²) in [7, 11) is -4.16. The molecule has 1 N–H and O–H groups in total. The Hall–Kier alpha value is -3.92. The van der Waals surface area contributed by atoms with Gasteiger partial charge in [-0.1, -0.05) is 20.8 Å². The van der Waals surface area contributed by atoms with E-state index in [1.165, 1.54) is 0 Å². The van der Waals surface area contributed by atoms with E-state index in [1.54, 1.807) is 24.3 Å².